The van der Waals surface area contributed by atoms with Gasteiger partial charge in [-0.05, 0) is 66.7 Å². The van der Waals surface area contributed by atoms with Gasteiger partial charge in [0.05, 0.1) is 5.39 Å². The van der Waals surface area contributed by atoms with Crippen molar-refractivity contribution in [1.29, 1.82) is 0 Å². The van der Waals surface area contributed by atoms with Gasteiger partial charge in [-0.25, -0.2) is 23.7 Å². The van der Waals surface area contributed by atoms with E-state index in [2.05, 4.69) is 107 Å². The fourth-order valence-corrected chi connectivity index (χ4v) is 13.1. The summed E-state index contributed by atoms with van der Waals surface area (Å²) in [7, 11) is -4.20. The molecule has 2 aromatic carbocycles. The van der Waals surface area contributed by atoms with E-state index < -0.39 is 27.9 Å². The lowest BCUT2D eigenvalue weighted by atomic mass is 10.1. The molecule has 2 atom stereocenters. The normalized spacial score (nSPS) is 13.5. The number of fused-ring (bicyclic) bond motifs is 2. The first-order valence-corrected chi connectivity index (χ1v) is 26.0. The van der Waals surface area contributed by atoms with Crippen molar-refractivity contribution in [1.82, 2.24) is 23.7 Å². The third-order valence-corrected chi connectivity index (χ3v) is 17.6. The first kappa shape index (κ1) is 43.6. The summed E-state index contributed by atoms with van der Waals surface area (Å²) in [6, 6.07) is 26.1. The summed E-state index contributed by atoms with van der Waals surface area (Å²) in [5, 5.41) is 2.35. The molecular weight excluding hydrogens is 778 g/mol. The number of nitrogens with zero attached hydrogens (tertiary/aromatic N) is 5. The van der Waals surface area contributed by atoms with Gasteiger partial charge in [-0.1, -0.05) is 108 Å². The zero-order valence-electron chi connectivity index (χ0n) is 35.9. The second kappa shape index (κ2) is 17.7. The maximum Gasteiger partial charge on any atom is 0.338 e. The van der Waals surface area contributed by atoms with Gasteiger partial charge >= 0.3 is 5.69 Å². The van der Waals surface area contributed by atoms with Crippen LogP contribution in [0.2, 0.25) is 30.7 Å². The molecule has 0 radical (unpaired) electrons. The Bertz CT molecular complexity index is 2500. The standard InChI is InChI=1S/C46H58FN5O5Si2/c1-32(2)30-56-40-23-25-48-44-41(40)52(45(54)51(44)31-55-27-28-58(8,9)10)43-38(47)29-37-39(53)24-26-50(42(37)49-43)33(3)21-22-34(4)57-59(46(5,6)7,35-17-13-11-14-18-35)36-19-15-12-16-20-36/h11-20,23-26,29,33-34H,1,21-22,27-28,30-31H2,2-10H3/t33-,34-/m0/s1. The summed E-state index contributed by atoms with van der Waals surface area (Å²) in [4.78, 5) is 37.0. The van der Waals surface area contributed by atoms with Crippen molar-refractivity contribution in [2.45, 2.75) is 104 Å². The summed E-state index contributed by atoms with van der Waals surface area (Å²) in [5.74, 6) is -0.787. The number of rotatable bonds is 17. The molecule has 6 aromatic rings. The molecule has 0 amide bonds. The van der Waals surface area contributed by atoms with E-state index in [1.807, 2.05) is 30.5 Å². The number of hydrogen-bond acceptors (Lipinski definition) is 7. The molecule has 0 N–H and O–H groups in total. The molecule has 4 aromatic heterocycles. The van der Waals surface area contributed by atoms with E-state index in [1.165, 1.54) is 31.6 Å². The van der Waals surface area contributed by atoms with Gasteiger partial charge in [-0.2, -0.15) is 0 Å². The first-order valence-electron chi connectivity index (χ1n) is 20.4. The monoisotopic (exact) mass is 835 g/mol. The van der Waals surface area contributed by atoms with Crippen LogP contribution >= 0.6 is 0 Å². The van der Waals surface area contributed by atoms with E-state index in [0.717, 1.165) is 11.6 Å². The van der Waals surface area contributed by atoms with E-state index in [-0.39, 0.29) is 64.0 Å². The second-order valence-corrected chi connectivity index (χ2v) is 27.8. The van der Waals surface area contributed by atoms with Crippen LogP contribution in [0.3, 0.4) is 0 Å². The van der Waals surface area contributed by atoms with Crippen LogP contribution < -0.4 is 26.2 Å². The van der Waals surface area contributed by atoms with Gasteiger partial charge < -0.3 is 18.5 Å². The Labute approximate surface area is 348 Å². The van der Waals surface area contributed by atoms with E-state index in [9.17, 15) is 9.59 Å². The maximum atomic E-state index is 16.4. The summed E-state index contributed by atoms with van der Waals surface area (Å²) in [6.07, 6.45) is 4.48. The molecule has 0 unspecified atom stereocenters. The van der Waals surface area contributed by atoms with Crippen LogP contribution in [0.4, 0.5) is 4.39 Å². The maximum absolute atomic E-state index is 16.4. The number of benzene rings is 2. The molecule has 0 saturated carbocycles. The highest BCUT2D eigenvalue weighted by molar-refractivity contribution is 6.99. The zero-order valence-corrected chi connectivity index (χ0v) is 37.9. The number of aromatic nitrogens is 5. The number of halogens is 1. The Balaban J connectivity index is 1.38. The van der Waals surface area contributed by atoms with Crippen molar-refractivity contribution in [2.75, 3.05) is 13.2 Å². The largest absolute Gasteiger partial charge is 0.487 e. The molecule has 312 valence electrons. The Morgan fingerprint density at radius 2 is 1.56 bits per heavy atom. The third-order valence-electron chi connectivity index (χ3n) is 10.8. The summed E-state index contributed by atoms with van der Waals surface area (Å²) < 4.78 is 40.3. The highest BCUT2D eigenvalue weighted by Gasteiger charge is 2.51. The van der Waals surface area contributed by atoms with Crippen LogP contribution in [0, 0.1) is 5.82 Å². The predicted octanol–water partition coefficient (Wildman–Crippen LogP) is 8.61. The van der Waals surface area contributed by atoms with Gasteiger partial charge in [0.25, 0.3) is 8.32 Å². The molecule has 4 heterocycles. The van der Waals surface area contributed by atoms with Gasteiger partial charge in [0, 0.05) is 51.4 Å². The van der Waals surface area contributed by atoms with Crippen LogP contribution in [0.15, 0.2) is 113 Å². The SMILES string of the molecule is C=C(C)COc1ccnc2c1n(-c1nc3c(cc1F)c(=O)ccn3[C@@H](C)CC[C@H](C)O[Si](c1ccccc1)(c1ccccc1)C(C)(C)C)c(=O)n2COCC[Si](C)(C)C. The van der Waals surface area contributed by atoms with Crippen molar-refractivity contribution in [3.63, 3.8) is 0 Å². The number of pyridine rings is 3. The van der Waals surface area contributed by atoms with Crippen molar-refractivity contribution in [2.24, 2.45) is 0 Å². The van der Waals surface area contributed by atoms with Gasteiger partial charge in [-0.3, -0.25) is 9.36 Å². The van der Waals surface area contributed by atoms with Gasteiger partial charge in [0.15, 0.2) is 22.7 Å². The molecule has 0 fully saturated rings. The average Bonchev–Trinajstić information content (AvgIpc) is 3.47. The summed E-state index contributed by atoms with van der Waals surface area (Å²) in [5.41, 5.74) is 0.557. The van der Waals surface area contributed by atoms with Crippen LogP contribution in [0.1, 0.15) is 60.4 Å². The van der Waals surface area contributed by atoms with Gasteiger partial charge in [-0.15, -0.1) is 0 Å². The fourth-order valence-electron chi connectivity index (χ4n) is 7.64. The fraction of sp³-hybridized carbons (Fsp3) is 0.391. The third kappa shape index (κ3) is 9.28. The zero-order chi connectivity index (χ0) is 42.7. The van der Waals surface area contributed by atoms with Crippen LogP contribution in [-0.4, -0.2) is 59.4 Å². The molecule has 0 spiro atoms. The Morgan fingerprint density at radius 1 is 0.915 bits per heavy atom. The molecular formula is C46H58FN5O5Si2. The van der Waals surface area contributed by atoms with Gasteiger partial charge in [0.2, 0.25) is 0 Å². The quantitative estimate of drug-likeness (QED) is 0.0516. The molecule has 13 heteroatoms. The lowest BCUT2D eigenvalue weighted by Gasteiger charge is -2.44. The highest BCUT2D eigenvalue weighted by atomic mass is 28.4. The van der Waals surface area contributed by atoms with E-state index in [4.69, 9.17) is 18.9 Å². The molecule has 10 nitrogen and oxygen atoms in total. The van der Waals surface area contributed by atoms with Crippen molar-refractivity contribution in [3.05, 3.63) is 130 Å². The molecule has 0 saturated heterocycles. The van der Waals surface area contributed by atoms with Crippen molar-refractivity contribution in [3.8, 4) is 11.6 Å². The molecule has 0 aliphatic heterocycles. The summed E-state index contributed by atoms with van der Waals surface area (Å²) in [6.45, 7) is 24.0. The first-order chi connectivity index (χ1) is 27.9. The summed E-state index contributed by atoms with van der Waals surface area (Å²) >= 11 is 0. The molecule has 6 rings (SSSR count). The lowest BCUT2D eigenvalue weighted by Crippen LogP contribution is -2.67. The number of ether oxygens (including phenoxy) is 2. The Kier molecular flexibility index (Phi) is 13.1. The Morgan fingerprint density at radius 3 is 2.15 bits per heavy atom. The minimum Gasteiger partial charge on any atom is -0.487 e. The molecule has 0 aliphatic carbocycles. The van der Waals surface area contributed by atoms with E-state index in [0.29, 0.717) is 25.2 Å². The van der Waals surface area contributed by atoms with E-state index >= 15 is 4.39 Å². The Hall–Kier alpha value is -4.96. The van der Waals surface area contributed by atoms with Crippen molar-refractivity contribution >= 4 is 49.0 Å². The van der Waals surface area contributed by atoms with Crippen LogP contribution in [0.5, 0.6) is 5.75 Å². The van der Waals surface area contributed by atoms with Crippen LogP contribution in [-0.2, 0) is 15.9 Å². The predicted molar refractivity (Wildman–Crippen MR) is 241 cm³/mol. The van der Waals surface area contributed by atoms with E-state index in [1.54, 1.807) is 18.5 Å². The lowest BCUT2D eigenvalue weighted by molar-refractivity contribution is 0.0871. The van der Waals surface area contributed by atoms with Crippen LogP contribution in [0.25, 0.3) is 28.0 Å². The smallest absolute Gasteiger partial charge is 0.338 e. The second-order valence-electron chi connectivity index (χ2n) is 17.9. The topological polar surface area (TPSA) is 102 Å². The average molecular weight is 836 g/mol. The minimum absolute atomic E-state index is 0.0884. The minimum atomic E-state index is -2.79. The van der Waals surface area contributed by atoms with Gasteiger partial charge in [0.1, 0.15) is 30.3 Å². The molecule has 0 aliphatic rings. The molecule has 0 bridgehead atoms. The highest BCUT2D eigenvalue weighted by Crippen LogP contribution is 2.38. The number of hydrogen-bond donors (Lipinski definition) is 0. The molecule has 59 heavy (non-hydrogen) atoms. The number of imidazole rings is 1. The van der Waals surface area contributed by atoms with Crippen molar-refractivity contribution < 1.29 is 18.3 Å².